The molecule has 0 saturated heterocycles. The smallest absolute Gasteiger partial charge is 0.164 e. The van der Waals surface area contributed by atoms with Crippen LogP contribution in [-0.4, -0.2) is 19.5 Å². The van der Waals surface area contributed by atoms with Gasteiger partial charge in [-0.1, -0.05) is 91.0 Å². The van der Waals surface area contributed by atoms with Gasteiger partial charge in [0.1, 0.15) is 0 Å². The van der Waals surface area contributed by atoms with Gasteiger partial charge in [0, 0.05) is 38.6 Å². The number of fused-ring (bicyclic) bond motifs is 3. The standard InChI is InChI=1S/C57H28N10/c58-29-35-15-17-47(46(21-35)34-63)42-16-18-53-51(26-42)48-13-7-8-14-52(48)67(53)54-49(43-22-36(30-59)19-37(23-43)31-60)27-45(28-50(54)44-24-38(32-61)20-39(25-44)33-62)57-65-55(40-9-3-1-4-10-40)64-56(66-57)41-11-5-2-6-12-41/h1-28H. The maximum absolute atomic E-state index is 10.3. The molecule has 0 aliphatic carbocycles. The van der Waals surface area contributed by atoms with E-state index in [1.807, 2.05) is 115 Å². The Labute approximate surface area is 384 Å². The van der Waals surface area contributed by atoms with Crippen LogP contribution in [0.5, 0.6) is 0 Å². The van der Waals surface area contributed by atoms with E-state index in [0.717, 1.165) is 38.5 Å². The fraction of sp³-hybridized carbons (Fsp3) is 0. The van der Waals surface area contributed by atoms with Gasteiger partial charge in [-0.25, -0.2) is 15.0 Å². The lowest BCUT2D eigenvalue weighted by molar-refractivity contribution is 1.07. The molecule has 0 amide bonds. The molecule has 10 rings (SSSR count). The minimum absolute atomic E-state index is 0.269. The minimum atomic E-state index is 0.269. The molecule has 0 unspecified atom stereocenters. The van der Waals surface area contributed by atoms with Crippen LogP contribution in [0, 0.1) is 68.0 Å². The van der Waals surface area contributed by atoms with Crippen LogP contribution in [0.1, 0.15) is 33.4 Å². The first kappa shape index (κ1) is 40.6. The van der Waals surface area contributed by atoms with E-state index < -0.39 is 0 Å². The molecule has 0 saturated carbocycles. The molecular formula is C57H28N10. The first-order valence-corrected chi connectivity index (χ1v) is 20.8. The summed E-state index contributed by atoms with van der Waals surface area (Å²) in [5.41, 5.74) is 9.84. The zero-order valence-corrected chi connectivity index (χ0v) is 35.1. The van der Waals surface area contributed by atoms with Gasteiger partial charge in [0.15, 0.2) is 17.5 Å². The van der Waals surface area contributed by atoms with E-state index >= 15 is 0 Å². The zero-order valence-electron chi connectivity index (χ0n) is 35.1. The van der Waals surface area contributed by atoms with Gasteiger partial charge in [-0.05, 0) is 101 Å². The van der Waals surface area contributed by atoms with Crippen LogP contribution in [0.15, 0.2) is 170 Å². The molecule has 0 N–H and O–H groups in total. The maximum atomic E-state index is 10.3. The molecule has 8 aromatic carbocycles. The van der Waals surface area contributed by atoms with Crippen LogP contribution in [0.25, 0.3) is 95.0 Å². The van der Waals surface area contributed by atoms with E-state index in [9.17, 15) is 31.6 Å². The average molecular weight is 853 g/mol. The van der Waals surface area contributed by atoms with Gasteiger partial charge in [0.2, 0.25) is 0 Å². The Hall–Kier alpha value is -10.5. The van der Waals surface area contributed by atoms with Crippen molar-refractivity contribution in [3.8, 4) is 110 Å². The summed E-state index contributed by atoms with van der Waals surface area (Å²) in [6.45, 7) is 0. The summed E-state index contributed by atoms with van der Waals surface area (Å²) in [6.07, 6.45) is 0. The van der Waals surface area contributed by atoms with E-state index in [1.54, 1.807) is 42.5 Å². The fourth-order valence-corrected chi connectivity index (χ4v) is 8.55. The van der Waals surface area contributed by atoms with Crippen molar-refractivity contribution in [1.82, 2.24) is 19.5 Å². The third-order valence-corrected chi connectivity index (χ3v) is 11.5. The molecule has 10 nitrogen and oxygen atoms in total. The summed E-state index contributed by atoms with van der Waals surface area (Å²) in [6, 6.07) is 65.3. The van der Waals surface area contributed by atoms with Crippen molar-refractivity contribution in [1.29, 1.82) is 31.6 Å². The number of aromatic nitrogens is 4. The highest BCUT2D eigenvalue weighted by Gasteiger charge is 2.25. The number of para-hydroxylation sites is 1. The summed E-state index contributed by atoms with van der Waals surface area (Å²) in [5.74, 6) is 1.21. The van der Waals surface area contributed by atoms with E-state index in [1.165, 1.54) is 12.1 Å². The highest BCUT2D eigenvalue weighted by atomic mass is 15.0. The number of hydrogen-bond donors (Lipinski definition) is 0. The number of nitrogens with zero attached hydrogens (tertiary/aromatic N) is 10. The normalized spacial score (nSPS) is 10.6. The van der Waals surface area contributed by atoms with E-state index in [-0.39, 0.29) is 22.3 Å². The van der Waals surface area contributed by atoms with Gasteiger partial charge in [0.25, 0.3) is 0 Å². The highest BCUT2D eigenvalue weighted by Crippen LogP contribution is 2.45. The van der Waals surface area contributed by atoms with Crippen LogP contribution in [0.3, 0.4) is 0 Å². The predicted octanol–water partition coefficient (Wildman–Crippen LogP) is 12.2. The second-order valence-electron chi connectivity index (χ2n) is 15.6. The Morgan fingerprint density at radius 2 is 0.791 bits per heavy atom. The Morgan fingerprint density at radius 1 is 0.313 bits per heavy atom. The second-order valence-corrected chi connectivity index (χ2v) is 15.6. The number of hydrogen-bond acceptors (Lipinski definition) is 9. The van der Waals surface area contributed by atoms with Gasteiger partial charge in [-0.2, -0.15) is 31.6 Å². The van der Waals surface area contributed by atoms with Crippen molar-refractivity contribution in [2.24, 2.45) is 0 Å². The minimum Gasteiger partial charge on any atom is -0.308 e. The predicted molar refractivity (Wildman–Crippen MR) is 255 cm³/mol. The molecule has 0 radical (unpaired) electrons. The van der Waals surface area contributed by atoms with Gasteiger partial charge >= 0.3 is 0 Å². The molecule has 0 aliphatic heterocycles. The fourth-order valence-electron chi connectivity index (χ4n) is 8.55. The molecule has 0 fully saturated rings. The van der Waals surface area contributed by atoms with Gasteiger partial charge in [-0.3, -0.25) is 0 Å². The molecule has 0 aliphatic rings. The molecule has 0 atom stereocenters. The second kappa shape index (κ2) is 17.0. The molecule has 306 valence electrons. The molecule has 2 heterocycles. The third kappa shape index (κ3) is 7.40. The average Bonchev–Trinajstić information content (AvgIpc) is 3.73. The van der Waals surface area contributed by atoms with E-state index in [2.05, 4.69) is 41.0 Å². The molecule has 10 heteroatoms. The third-order valence-electron chi connectivity index (χ3n) is 11.5. The van der Waals surface area contributed by atoms with Gasteiger partial charge in [-0.15, -0.1) is 0 Å². The van der Waals surface area contributed by atoms with Crippen molar-refractivity contribution in [3.63, 3.8) is 0 Å². The molecule has 10 aromatic rings. The summed E-state index contributed by atoms with van der Waals surface area (Å²) in [7, 11) is 0. The van der Waals surface area contributed by atoms with Crippen molar-refractivity contribution in [2.75, 3.05) is 0 Å². The van der Waals surface area contributed by atoms with Crippen molar-refractivity contribution >= 4 is 21.8 Å². The van der Waals surface area contributed by atoms with E-state index in [0.29, 0.717) is 67.7 Å². The lowest BCUT2D eigenvalue weighted by Crippen LogP contribution is -2.04. The van der Waals surface area contributed by atoms with Crippen molar-refractivity contribution in [3.05, 3.63) is 203 Å². The molecule has 0 spiro atoms. The van der Waals surface area contributed by atoms with Crippen molar-refractivity contribution < 1.29 is 0 Å². The Balaban J connectivity index is 1.36. The zero-order chi connectivity index (χ0) is 46.0. The van der Waals surface area contributed by atoms with Crippen LogP contribution in [-0.2, 0) is 0 Å². The van der Waals surface area contributed by atoms with Crippen LogP contribution in [0.4, 0.5) is 0 Å². The van der Waals surface area contributed by atoms with Crippen LogP contribution < -0.4 is 0 Å². The lowest BCUT2D eigenvalue weighted by Gasteiger charge is -2.21. The molecule has 2 aromatic heterocycles. The maximum Gasteiger partial charge on any atom is 0.164 e. The number of nitriles is 6. The Morgan fingerprint density at radius 3 is 1.30 bits per heavy atom. The Bertz CT molecular complexity index is 3720. The molecule has 0 bridgehead atoms. The van der Waals surface area contributed by atoms with E-state index in [4.69, 9.17) is 15.0 Å². The number of benzene rings is 8. The van der Waals surface area contributed by atoms with Crippen LogP contribution in [0.2, 0.25) is 0 Å². The summed E-state index contributed by atoms with van der Waals surface area (Å²) in [4.78, 5) is 15.1. The molecule has 67 heavy (non-hydrogen) atoms. The Kier molecular flexibility index (Phi) is 10.3. The van der Waals surface area contributed by atoms with Crippen LogP contribution >= 0.6 is 0 Å². The first-order chi connectivity index (χ1) is 32.9. The quantitative estimate of drug-likeness (QED) is 0.150. The monoisotopic (exact) mass is 852 g/mol. The number of rotatable bonds is 7. The molecular weight excluding hydrogens is 825 g/mol. The largest absolute Gasteiger partial charge is 0.308 e. The van der Waals surface area contributed by atoms with Crippen molar-refractivity contribution in [2.45, 2.75) is 0 Å². The van der Waals surface area contributed by atoms with Gasteiger partial charge in [0.05, 0.1) is 86.5 Å². The first-order valence-electron chi connectivity index (χ1n) is 20.8. The summed E-state index contributed by atoms with van der Waals surface area (Å²) >= 11 is 0. The summed E-state index contributed by atoms with van der Waals surface area (Å²) < 4.78 is 2.11. The lowest BCUT2D eigenvalue weighted by atomic mass is 9.90. The topological polar surface area (TPSA) is 186 Å². The summed E-state index contributed by atoms with van der Waals surface area (Å²) in [5, 5.41) is 62.8. The van der Waals surface area contributed by atoms with Gasteiger partial charge < -0.3 is 4.57 Å². The SMILES string of the molecule is N#Cc1cc(C#N)cc(-c2cc(-c3nc(-c4ccccc4)nc(-c4ccccc4)n3)cc(-c3cc(C#N)cc(C#N)c3)c2-n2c3ccccc3c3cc(-c4ccc(C#N)cc4C#N)ccc32)c1. The highest BCUT2D eigenvalue weighted by molar-refractivity contribution is 6.12.